The third-order valence-electron chi connectivity index (χ3n) is 2.96. The van der Waals surface area contributed by atoms with Gasteiger partial charge in [-0.3, -0.25) is 4.99 Å². The Morgan fingerprint density at radius 3 is 2.45 bits per heavy atom. The van der Waals surface area contributed by atoms with Crippen molar-refractivity contribution in [3.05, 3.63) is 0 Å². The van der Waals surface area contributed by atoms with Gasteiger partial charge in [-0.2, -0.15) is 0 Å². The van der Waals surface area contributed by atoms with E-state index in [1.807, 2.05) is 0 Å². The molecule has 0 bridgehead atoms. The Balaban J connectivity index is 2.99. The van der Waals surface area contributed by atoms with Gasteiger partial charge in [-0.25, -0.2) is 4.79 Å². The van der Waals surface area contributed by atoms with Gasteiger partial charge in [0.05, 0.1) is 6.61 Å². The molecule has 1 heterocycles. The molecule has 1 aliphatic rings. The first-order chi connectivity index (χ1) is 9.27. The molecule has 1 rings (SSSR count). The third-order valence-corrected chi connectivity index (χ3v) is 2.96. The number of carboxylic acid groups (broad SMARTS) is 1. The zero-order chi connectivity index (χ0) is 15.4. The number of hydrogen-bond donors (Lipinski definition) is 4. The summed E-state index contributed by atoms with van der Waals surface area (Å²) in [5.74, 6) is -1.20. The Kier molecular flexibility index (Phi) is 6.03. The van der Waals surface area contributed by atoms with Crippen LogP contribution in [-0.4, -0.2) is 75.5 Å². The number of carboxylic acids is 1. The number of hydrogen-bond acceptors (Lipinski definition) is 7. The van der Waals surface area contributed by atoms with Gasteiger partial charge >= 0.3 is 5.97 Å². The molecule has 8 heteroatoms. The van der Waals surface area contributed by atoms with Crippen molar-refractivity contribution in [2.45, 2.75) is 57.5 Å². The number of aliphatic imine (C=N–C) groups is 1. The molecule has 1 fully saturated rings. The molecule has 1 unspecified atom stereocenters. The SMILES string of the molecule is CC(C)=N[C@H]1C(O)O[C@H](CO)[C@@H](O)[C@@H]1O[C@@H](C)C(=O)O. The van der Waals surface area contributed by atoms with Gasteiger partial charge in [-0.1, -0.05) is 0 Å². The molecule has 1 saturated heterocycles. The number of aliphatic hydroxyl groups is 3. The van der Waals surface area contributed by atoms with Crippen LogP contribution in [-0.2, 0) is 14.3 Å². The van der Waals surface area contributed by atoms with E-state index in [9.17, 15) is 15.0 Å². The lowest BCUT2D eigenvalue weighted by atomic mass is 9.97. The van der Waals surface area contributed by atoms with Crippen LogP contribution in [0.2, 0.25) is 0 Å². The highest BCUT2D eigenvalue weighted by Gasteiger charge is 2.46. The maximum absolute atomic E-state index is 10.9. The van der Waals surface area contributed by atoms with Crippen LogP contribution in [0.15, 0.2) is 4.99 Å². The van der Waals surface area contributed by atoms with Gasteiger partial charge in [0, 0.05) is 5.71 Å². The molecule has 4 N–H and O–H groups in total. The average molecular weight is 291 g/mol. The molecule has 1 aliphatic heterocycles. The van der Waals surface area contributed by atoms with Crippen molar-refractivity contribution in [2.75, 3.05) is 6.61 Å². The van der Waals surface area contributed by atoms with Gasteiger partial charge < -0.3 is 29.9 Å². The first-order valence-corrected chi connectivity index (χ1v) is 6.29. The molecule has 0 spiro atoms. The molecule has 8 nitrogen and oxygen atoms in total. The Morgan fingerprint density at radius 1 is 1.40 bits per heavy atom. The van der Waals surface area contributed by atoms with E-state index >= 15 is 0 Å². The van der Waals surface area contributed by atoms with Gasteiger partial charge in [0.25, 0.3) is 0 Å². The summed E-state index contributed by atoms with van der Waals surface area (Å²) < 4.78 is 10.3. The summed E-state index contributed by atoms with van der Waals surface area (Å²) in [6.07, 6.45) is -6.01. The first kappa shape index (κ1) is 17.0. The highest BCUT2D eigenvalue weighted by Crippen LogP contribution is 2.26. The van der Waals surface area contributed by atoms with Crippen LogP contribution in [0.3, 0.4) is 0 Å². The van der Waals surface area contributed by atoms with Crippen molar-refractivity contribution < 1.29 is 34.7 Å². The number of carbonyl (C=O) groups is 1. The second-order valence-electron chi connectivity index (χ2n) is 4.89. The van der Waals surface area contributed by atoms with Gasteiger partial charge in [0.2, 0.25) is 0 Å². The summed E-state index contributed by atoms with van der Waals surface area (Å²) in [7, 11) is 0. The summed E-state index contributed by atoms with van der Waals surface area (Å²) in [6.45, 7) is 4.16. The summed E-state index contributed by atoms with van der Waals surface area (Å²) in [6, 6.07) is -0.959. The number of aliphatic carboxylic acids is 1. The Morgan fingerprint density at radius 2 is 2.00 bits per heavy atom. The lowest BCUT2D eigenvalue weighted by Crippen LogP contribution is -2.60. The summed E-state index contributed by atoms with van der Waals surface area (Å²) in [5.41, 5.74) is 0.615. The Bertz CT molecular complexity index is 369. The van der Waals surface area contributed by atoms with Crippen LogP contribution in [0, 0.1) is 0 Å². The monoisotopic (exact) mass is 291 g/mol. The minimum absolute atomic E-state index is 0.527. The average Bonchev–Trinajstić information content (AvgIpc) is 2.36. The smallest absolute Gasteiger partial charge is 0.332 e. The lowest BCUT2D eigenvalue weighted by molar-refractivity contribution is -0.262. The maximum Gasteiger partial charge on any atom is 0.332 e. The standard InChI is InChI=1S/C12H21NO7/c1-5(2)13-8-10(19-6(3)11(16)17)9(15)7(4-14)20-12(8)18/h6-10,12,14-15,18H,4H2,1-3H3,(H,16,17)/t6-,7+,8+,9+,10+,12?/m0/s1. The van der Waals surface area contributed by atoms with Gasteiger partial charge in [0.1, 0.15) is 24.4 Å². The Labute approximate surface area is 116 Å². The second kappa shape index (κ2) is 7.09. The molecular formula is C12H21NO7. The topological polar surface area (TPSA) is 129 Å². The molecule has 0 saturated carbocycles. The van der Waals surface area contributed by atoms with Gasteiger partial charge in [-0.15, -0.1) is 0 Å². The van der Waals surface area contributed by atoms with E-state index in [4.69, 9.17) is 19.7 Å². The quantitative estimate of drug-likeness (QED) is 0.466. The van der Waals surface area contributed by atoms with Crippen molar-refractivity contribution in [3.63, 3.8) is 0 Å². The highest BCUT2D eigenvalue weighted by atomic mass is 16.6. The fraction of sp³-hybridized carbons (Fsp3) is 0.833. The van der Waals surface area contributed by atoms with Crippen LogP contribution in [0.1, 0.15) is 20.8 Å². The van der Waals surface area contributed by atoms with Crippen molar-refractivity contribution in [2.24, 2.45) is 4.99 Å². The minimum Gasteiger partial charge on any atom is -0.479 e. The van der Waals surface area contributed by atoms with Crippen LogP contribution in [0.5, 0.6) is 0 Å². The van der Waals surface area contributed by atoms with Crippen LogP contribution < -0.4 is 0 Å². The number of ether oxygens (including phenoxy) is 2. The molecule has 0 aliphatic carbocycles. The predicted molar refractivity (Wildman–Crippen MR) is 68.5 cm³/mol. The van der Waals surface area contributed by atoms with E-state index in [0.717, 1.165) is 0 Å². The maximum atomic E-state index is 10.9. The van der Waals surface area contributed by atoms with E-state index in [1.165, 1.54) is 6.92 Å². The molecular weight excluding hydrogens is 270 g/mol. The molecule has 0 aromatic rings. The molecule has 116 valence electrons. The minimum atomic E-state index is -1.39. The fourth-order valence-electron chi connectivity index (χ4n) is 1.96. The summed E-state index contributed by atoms with van der Waals surface area (Å²) >= 11 is 0. The van der Waals surface area contributed by atoms with Crippen LogP contribution in [0.25, 0.3) is 0 Å². The van der Waals surface area contributed by atoms with Crippen LogP contribution in [0.4, 0.5) is 0 Å². The normalized spacial score (nSPS) is 35.4. The summed E-state index contributed by atoms with van der Waals surface area (Å²) in [5, 5.41) is 37.9. The Hall–Kier alpha value is -1.06. The van der Waals surface area contributed by atoms with Gasteiger partial charge in [-0.05, 0) is 20.8 Å². The van der Waals surface area contributed by atoms with E-state index in [1.54, 1.807) is 13.8 Å². The molecule has 0 aromatic carbocycles. The first-order valence-electron chi connectivity index (χ1n) is 6.29. The largest absolute Gasteiger partial charge is 0.479 e. The third kappa shape index (κ3) is 3.97. The number of aliphatic hydroxyl groups excluding tert-OH is 3. The van der Waals surface area contributed by atoms with E-state index < -0.39 is 49.3 Å². The van der Waals surface area contributed by atoms with Crippen molar-refractivity contribution >= 4 is 11.7 Å². The zero-order valence-corrected chi connectivity index (χ0v) is 11.6. The molecule has 0 radical (unpaired) electrons. The van der Waals surface area contributed by atoms with E-state index in [2.05, 4.69) is 4.99 Å². The second-order valence-corrected chi connectivity index (χ2v) is 4.89. The lowest BCUT2D eigenvalue weighted by Gasteiger charge is -2.41. The molecule has 20 heavy (non-hydrogen) atoms. The van der Waals surface area contributed by atoms with Crippen molar-refractivity contribution in [1.29, 1.82) is 0 Å². The highest BCUT2D eigenvalue weighted by molar-refractivity contribution is 5.79. The summed E-state index contributed by atoms with van der Waals surface area (Å²) in [4.78, 5) is 15.0. The van der Waals surface area contributed by atoms with Gasteiger partial charge in [0.15, 0.2) is 12.4 Å². The van der Waals surface area contributed by atoms with E-state index in [0.29, 0.717) is 5.71 Å². The number of rotatable bonds is 5. The molecule has 0 amide bonds. The number of nitrogens with zero attached hydrogens (tertiary/aromatic N) is 1. The van der Waals surface area contributed by atoms with Crippen LogP contribution >= 0.6 is 0 Å². The van der Waals surface area contributed by atoms with E-state index in [-0.39, 0.29) is 0 Å². The van der Waals surface area contributed by atoms with Crippen molar-refractivity contribution in [1.82, 2.24) is 0 Å². The fourth-order valence-corrected chi connectivity index (χ4v) is 1.96. The molecule has 6 atom stereocenters. The zero-order valence-electron chi connectivity index (χ0n) is 11.6. The predicted octanol–water partition coefficient (Wildman–Crippen LogP) is -1.24. The van der Waals surface area contributed by atoms with Crippen molar-refractivity contribution in [3.8, 4) is 0 Å². The molecule has 0 aromatic heterocycles.